The van der Waals surface area contributed by atoms with Gasteiger partial charge < -0.3 is 9.47 Å². The minimum Gasteiger partial charge on any atom is -0.490 e. The van der Waals surface area contributed by atoms with Crippen LogP contribution in [0, 0.1) is 5.82 Å². The van der Waals surface area contributed by atoms with Crippen molar-refractivity contribution in [3.8, 4) is 17.4 Å². The van der Waals surface area contributed by atoms with Crippen LogP contribution in [-0.4, -0.2) is 44.9 Å². The largest absolute Gasteiger partial charge is 0.490 e. The number of amides is 2. The predicted molar refractivity (Wildman–Crippen MR) is 128 cm³/mol. The molecule has 3 aromatic rings. The van der Waals surface area contributed by atoms with Crippen molar-refractivity contribution >= 4 is 46.4 Å². The monoisotopic (exact) mass is 513 g/mol. The molecule has 1 aromatic heterocycles. The molecule has 0 aliphatic carbocycles. The average Bonchev–Trinajstić information content (AvgIpc) is 3.11. The zero-order valence-corrected chi connectivity index (χ0v) is 19.8. The third-order valence-corrected chi connectivity index (χ3v) is 5.82. The molecule has 2 aromatic carbocycles. The van der Waals surface area contributed by atoms with Gasteiger partial charge in [-0.2, -0.15) is 9.37 Å². The van der Waals surface area contributed by atoms with Crippen molar-refractivity contribution in [2.24, 2.45) is 0 Å². The van der Waals surface area contributed by atoms with Crippen molar-refractivity contribution in [3.05, 3.63) is 81.9 Å². The lowest BCUT2D eigenvalue weighted by Crippen LogP contribution is -2.33. The van der Waals surface area contributed by atoms with Gasteiger partial charge in [0.15, 0.2) is 17.3 Å². The van der Waals surface area contributed by atoms with Crippen LogP contribution in [0.15, 0.2) is 59.6 Å². The number of thioether (sulfide) groups is 1. The van der Waals surface area contributed by atoms with E-state index in [-0.39, 0.29) is 46.5 Å². The number of Topliss-reactive ketones (excluding diaryl/α,β-unsaturated/α-hetero) is 1. The van der Waals surface area contributed by atoms with E-state index in [0.29, 0.717) is 11.1 Å². The summed E-state index contributed by atoms with van der Waals surface area (Å²) in [5, 5.41) is -0.718. The molecule has 178 valence electrons. The van der Waals surface area contributed by atoms with Crippen LogP contribution in [-0.2, 0) is 4.79 Å². The second-order valence-corrected chi connectivity index (χ2v) is 8.42. The molecule has 0 radical (unpaired) electrons. The van der Waals surface area contributed by atoms with Crippen LogP contribution >= 0.6 is 23.4 Å². The van der Waals surface area contributed by atoms with E-state index < -0.39 is 17.0 Å². The highest BCUT2D eigenvalue weighted by atomic mass is 35.5. The lowest BCUT2D eigenvalue weighted by Gasteiger charge is -2.12. The number of aromatic nitrogens is 2. The Morgan fingerprint density at radius 3 is 2.69 bits per heavy atom. The third-order valence-electron chi connectivity index (χ3n) is 4.73. The number of hydrogen-bond donors (Lipinski definition) is 0. The Labute approximate surface area is 208 Å². The third kappa shape index (κ3) is 5.67. The average molecular weight is 514 g/mol. The number of carbonyl (C=O) groups excluding carboxylic acids is 3. The number of carbonyl (C=O) groups is 3. The fourth-order valence-electron chi connectivity index (χ4n) is 3.12. The first kappa shape index (κ1) is 24.4. The summed E-state index contributed by atoms with van der Waals surface area (Å²) in [5.41, 5.74) is 0.941. The summed E-state index contributed by atoms with van der Waals surface area (Å²) in [6, 6.07) is 13.1. The highest BCUT2D eigenvalue weighted by Crippen LogP contribution is 2.36. The predicted octanol–water partition coefficient (Wildman–Crippen LogP) is 5.38. The first-order chi connectivity index (χ1) is 16.9. The Morgan fingerprint density at radius 2 is 1.94 bits per heavy atom. The van der Waals surface area contributed by atoms with Crippen LogP contribution in [0.2, 0.25) is 5.28 Å². The summed E-state index contributed by atoms with van der Waals surface area (Å²) in [5.74, 6) is -1.66. The van der Waals surface area contributed by atoms with Crippen molar-refractivity contribution in [1.29, 1.82) is 0 Å². The van der Waals surface area contributed by atoms with E-state index in [1.807, 2.05) is 0 Å². The van der Waals surface area contributed by atoms with Gasteiger partial charge in [-0.25, -0.2) is 4.98 Å². The minimum absolute atomic E-state index is 0.153. The van der Waals surface area contributed by atoms with Crippen LogP contribution < -0.4 is 9.47 Å². The van der Waals surface area contributed by atoms with Gasteiger partial charge in [0.2, 0.25) is 11.1 Å². The normalized spacial score (nSPS) is 14.5. The quantitative estimate of drug-likeness (QED) is 0.225. The minimum atomic E-state index is -0.806. The highest BCUT2D eigenvalue weighted by Gasteiger charge is 2.36. The Hall–Kier alpha value is -3.76. The smallest absolute Gasteiger partial charge is 0.293 e. The molecule has 0 atom stereocenters. The van der Waals surface area contributed by atoms with Crippen molar-refractivity contribution in [3.63, 3.8) is 0 Å². The second-order valence-electron chi connectivity index (χ2n) is 7.09. The van der Waals surface area contributed by atoms with Crippen molar-refractivity contribution in [2.75, 3.05) is 13.2 Å². The van der Waals surface area contributed by atoms with Crippen LogP contribution in [0.25, 0.3) is 6.08 Å². The van der Waals surface area contributed by atoms with Gasteiger partial charge in [0.25, 0.3) is 17.0 Å². The fraction of sp³-hybridized carbons (Fsp3) is 0.125. The van der Waals surface area contributed by atoms with Crippen LogP contribution in [0.4, 0.5) is 9.18 Å². The van der Waals surface area contributed by atoms with Crippen molar-refractivity contribution < 1.29 is 28.2 Å². The molecule has 11 heteroatoms. The standard InChI is InChI=1S/C24H17ClFN3O5S/c1-2-33-19-10-14(8-9-18(19)34-21-16(26)12-27-23(25)28-21)11-20-22(31)29(24(32)35-20)13-17(30)15-6-4-3-5-7-15/h3-12H,2,13H2,1H3/b20-11+. The number of ketones is 1. The number of imide groups is 1. The van der Waals surface area contributed by atoms with E-state index in [2.05, 4.69) is 9.97 Å². The molecule has 2 amide bonds. The topological polar surface area (TPSA) is 98.7 Å². The molecular formula is C24H17ClFN3O5S. The van der Waals surface area contributed by atoms with Gasteiger partial charge in [-0.15, -0.1) is 0 Å². The summed E-state index contributed by atoms with van der Waals surface area (Å²) in [7, 11) is 0. The Bertz CT molecular complexity index is 1340. The van der Waals surface area contributed by atoms with Crippen LogP contribution in [0.5, 0.6) is 17.4 Å². The lowest BCUT2D eigenvalue weighted by molar-refractivity contribution is -0.122. The molecule has 1 aliphatic heterocycles. The Kier molecular flexibility index (Phi) is 7.42. The van der Waals surface area contributed by atoms with Crippen molar-refractivity contribution in [2.45, 2.75) is 6.92 Å². The molecule has 0 saturated carbocycles. The van der Waals surface area contributed by atoms with Gasteiger partial charge in [0, 0.05) is 5.56 Å². The number of ether oxygens (including phenoxy) is 2. The zero-order chi connectivity index (χ0) is 24.9. The van der Waals surface area contributed by atoms with Gasteiger partial charge in [-0.3, -0.25) is 19.3 Å². The molecule has 1 fully saturated rings. The number of halogens is 2. The number of benzene rings is 2. The number of hydrogen-bond acceptors (Lipinski definition) is 8. The second kappa shape index (κ2) is 10.7. The zero-order valence-electron chi connectivity index (χ0n) is 18.2. The molecule has 35 heavy (non-hydrogen) atoms. The molecule has 0 spiro atoms. The molecule has 2 heterocycles. The van der Waals surface area contributed by atoms with E-state index in [1.165, 1.54) is 12.1 Å². The SMILES string of the molecule is CCOc1cc(/C=C2/SC(=O)N(CC(=O)c3ccccc3)C2=O)ccc1Oc1nc(Cl)ncc1F. The van der Waals surface area contributed by atoms with Crippen molar-refractivity contribution in [1.82, 2.24) is 14.9 Å². The van der Waals surface area contributed by atoms with Gasteiger partial charge >= 0.3 is 0 Å². The summed E-state index contributed by atoms with van der Waals surface area (Å²) in [6.07, 6.45) is 2.39. The van der Waals surface area contributed by atoms with Gasteiger partial charge in [-0.05, 0) is 54.1 Å². The van der Waals surface area contributed by atoms with E-state index in [4.69, 9.17) is 21.1 Å². The van der Waals surface area contributed by atoms with E-state index in [1.54, 1.807) is 49.4 Å². The molecule has 0 unspecified atom stereocenters. The molecular weight excluding hydrogens is 497 g/mol. The van der Waals surface area contributed by atoms with Gasteiger partial charge in [-0.1, -0.05) is 36.4 Å². The summed E-state index contributed by atoms with van der Waals surface area (Å²) >= 11 is 6.45. The van der Waals surface area contributed by atoms with Gasteiger partial charge in [0.05, 0.1) is 24.3 Å². The first-order valence-corrected chi connectivity index (χ1v) is 11.5. The van der Waals surface area contributed by atoms with Crippen LogP contribution in [0.3, 0.4) is 0 Å². The summed E-state index contributed by atoms with van der Waals surface area (Å²) < 4.78 is 25.1. The molecule has 0 N–H and O–H groups in total. The maximum absolute atomic E-state index is 14.0. The van der Waals surface area contributed by atoms with E-state index >= 15 is 0 Å². The summed E-state index contributed by atoms with van der Waals surface area (Å²) in [4.78, 5) is 46.0. The Balaban J connectivity index is 1.55. The van der Waals surface area contributed by atoms with Crippen LogP contribution in [0.1, 0.15) is 22.8 Å². The number of rotatable bonds is 8. The molecule has 8 nitrogen and oxygen atoms in total. The fourth-order valence-corrected chi connectivity index (χ4v) is 4.08. The Morgan fingerprint density at radius 1 is 1.17 bits per heavy atom. The molecule has 1 saturated heterocycles. The number of nitrogens with zero attached hydrogens (tertiary/aromatic N) is 3. The summed E-state index contributed by atoms with van der Waals surface area (Å²) in [6.45, 7) is 1.69. The highest BCUT2D eigenvalue weighted by molar-refractivity contribution is 8.18. The molecule has 4 rings (SSSR count). The van der Waals surface area contributed by atoms with E-state index in [0.717, 1.165) is 22.9 Å². The maximum Gasteiger partial charge on any atom is 0.293 e. The molecule has 1 aliphatic rings. The van der Waals surface area contributed by atoms with E-state index in [9.17, 15) is 18.8 Å². The lowest BCUT2D eigenvalue weighted by atomic mass is 10.1. The van der Waals surface area contributed by atoms with Gasteiger partial charge in [0.1, 0.15) is 0 Å². The molecule has 0 bridgehead atoms. The first-order valence-electron chi connectivity index (χ1n) is 10.3. The maximum atomic E-state index is 14.0.